The van der Waals surface area contributed by atoms with Gasteiger partial charge in [0.1, 0.15) is 11.4 Å². The van der Waals surface area contributed by atoms with E-state index in [1.807, 2.05) is 30.3 Å². The van der Waals surface area contributed by atoms with Crippen molar-refractivity contribution in [1.29, 1.82) is 0 Å². The number of hydrogen-bond donors (Lipinski definition) is 1. The third-order valence-corrected chi connectivity index (χ3v) is 4.36. The second-order valence-electron chi connectivity index (χ2n) is 7.94. The molecule has 0 radical (unpaired) electrons. The van der Waals surface area contributed by atoms with Gasteiger partial charge in [0.2, 0.25) is 0 Å². The fraction of sp³-hybridized carbons (Fsp3) is 0.417. The zero-order chi connectivity index (χ0) is 23.0. The predicted molar refractivity (Wildman–Crippen MR) is 118 cm³/mol. The lowest BCUT2D eigenvalue weighted by Gasteiger charge is -2.23. The molecule has 6 nitrogen and oxygen atoms in total. The highest BCUT2D eigenvalue weighted by Crippen LogP contribution is 2.41. The second-order valence-corrected chi connectivity index (χ2v) is 7.94. The Hall–Kier alpha value is -3.09. The van der Waals surface area contributed by atoms with Crippen LogP contribution in [0.1, 0.15) is 46.1 Å². The van der Waals surface area contributed by atoms with E-state index < -0.39 is 17.5 Å². The van der Waals surface area contributed by atoms with E-state index >= 15 is 4.39 Å². The van der Waals surface area contributed by atoms with Crippen LogP contribution in [0.25, 0.3) is 11.1 Å². The minimum absolute atomic E-state index is 0.141. The van der Waals surface area contributed by atoms with E-state index in [-0.39, 0.29) is 36.7 Å². The van der Waals surface area contributed by atoms with Gasteiger partial charge in [-0.05, 0) is 52.2 Å². The Balaban J connectivity index is 2.47. The maximum Gasteiger partial charge on any atom is 0.412 e. The number of nitrogens with one attached hydrogen (secondary N) is 1. The van der Waals surface area contributed by atoms with Crippen LogP contribution in [-0.2, 0) is 20.7 Å². The monoisotopic (exact) mass is 431 g/mol. The Morgan fingerprint density at radius 1 is 1.13 bits per heavy atom. The van der Waals surface area contributed by atoms with Crippen LogP contribution in [0.2, 0.25) is 0 Å². The molecule has 0 unspecified atom stereocenters. The lowest BCUT2D eigenvalue weighted by atomic mass is 9.97. The Labute approximate surface area is 182 Å². The van der Waals surface area contributed by atoms with Gasteiger partial charge in [0, 0.05) is 17.5 Å². The van der Waals surface area contributed by atoms with E-state index in [2.05, 4.69) is 5.32 Å². The number of benzene rings is 2. The molecule has 7 heteroatoms. The number of halogens is 1. The summed E-state index contributed by atoms with van der Waals surface area (Å²) in [5.41, 5.74) is 0.951. The molecule has 0 spiro atoms. The molecule has 0 aliphatic rings. The van der Waals surface area contributed by atoms with E-state index in [9.17, 15) is 9.59 Å². The minimum Gasteiger partial charge on any atom is -0.494 e. The van der Waals surface area contributed by atoms with Gasteiger partial charge in [-0.15, -0.1) is 0 Å². The van der Waals surface area contributed by atoms with E-state index in [4.69, 9.17) is 14.2 Å². The lowest BCUT2D eigenvalue weighted by molar-refractivity contribution is -0.143. The Kier molecular flexibility index (Phi) is 8.42. The van der Waals surface area contributed by atoms with Gasteiger partial charge in [-0.2, -0.15) is 0 Å². The van der Waals surface area contributed by atoms with Crippen molar-refractivity contribution in [2.24, 2.45) is 0 Å². The van der Waals surface area contributed by atoms with Crippen molar-refractivity contribution in [2.75, 3.05) is 19.0 Å². The highest BCUT2D eigenvalue weighted by molar-refractivity contribution is 5.92. The van der Waals surface area contributed by atoms with Gasteiger partial charge >= 0.3 is 12.1 Å². The molecule has 2 rings (SSSR count). The Morgan fingerprint density at radius 3 is 2.39 bits per heavy atom. The first-order valence-corrected chi connectivity index (χ1v) is 10.3. The first kappa shape index (κ1) is 24.2. The van der Waals surface area contributed by atoms with E-state index in [0.29, 0.717) is 17.7 Å². The van der Waals surface area contributed by atoms with Gasteiger partial charge in [-0.1, -0.05) is 30.3 Å². The van der Waals surface area contributed by atoms with E-state index in [0.717, 1.165) is 5.56 Å². The second kappa shape index (κ2) is 10.8. The van der Waals surface area contributed by atoms with Crippen LogP contribution >= 0.6 is 0 Å². The normalized spacial score (nSPS) is 11.0. The summed E-state index contributed by atoms with van der Waals surface area (Å²) in [7, 11) is 1.46. The standard InChI is InChI=1S/C24H30FNO5/c1-6-30-20(27)14-10-13-17-19(25)15-18(16-11-8-7-9-12-16)22(29-5)21(17)26-23(28)31-24(2,3)4/h7-9,11-12,15H,6,10,13-14H2,1-5H3,(H,26,28). The minimum atomic E-state index is -0.725. The number of carbonyl (C=O) groups is 2. The first-order chi connectivity index (χ1) is 14.7. The Bertz CT molecular complexity index is 906. The lowest BCUT2D eigenvalue weighted by Crippen LogP contribution is -2.28. The third-order valence-electron chi connectivity index (χ3n) is 4.36. The van der Waals surface area contributed by atoms with Crippen LogP contribution in [0.3, 0.4) is 0 Å². The molecule has 0 fully saturated rings. The molecule has 0 aromatic heterocycles. The molecule has 0 heterocycles. The number of anilines is 1. The quantitative estimate of drug-likeness (QED) is 0.540. The summed E-state index contributed by atoms with van der Waals surface area (Å²) in [5.74, 6) is -0.531. The molecule has 0 aliphatic heterocycles. The number of hydrogen-bond acceptors (Lipinski definition) is 5. The van der Waals surface area contributed by atoms with Gasteiger partial charge < -0.3 is 14.2 Å². The predicted octanol–water partition coefficient (Wildman–Crippen LogP) is 5.73. The van der Waals surface area contributed by atoms with Crippen molar-refractivity contribution in [3.05, 3.63) is 47.8 Å². The highest BCUT2D eigenvalue weighted by Gasteiger charge is 2.24. The van der Waals surface area contributed by atoms with Gasteiger partial charge in [0.05, 0.1) is 19.4 Å². The smallest absolute Gasteiger partial charge is 0.412 e. The maximum atomic E-state index is 15.2. The summed E-state index contributed by atoms with van der Waals surface area (Å²) in [5, 5.41) is 2.66. The van der Waals surface area contributed by atoms with Crippen LogP contribution in [0.15, 0.2) is 36.4 Å². The van der Waals surface area contributed by atoms with Crippen LogP contribution in [0, 0.1) is 5.82 Å². The maximum absolute atomic E-state index is 15.2. The van der Waals surface area contributed by atoms with Crippen molar-refractivity contribution < 1.29 is 28.2 Å². The third kappa shape index (κ3) is 6.98. The van der Waals surface area contributed by atoms with Crippen molar-refractivity contribution in [2.45, 2.75) is 52.6 Å². The van der Waals surface area contributed by atoms with Crippen LogP contribution in [0.5, 0.6) is 5.75 Å². The van der Waals surface area contributed by atoms with Gasteiger partial charge in [-0.25, -0.2) is 9.18 Å². The molecule has 31 heavy (non-hydrogen) atoms. The highest BCUT2D eigenvalue weighted by atomic mass is 19.1. The zero-order valence-electron chi connectivity index (χ0n) is 18.7. The molecule has 0 aliphatic carbocycles. The molecule has 0 atom stereocenters. The summed E-state index contributed by atoms with van der Waals surface area (Å²) in [6.07, 6.45) is -0.0162. The van der Waals surface area contributed by atoms with Crippen molar-refractivity contribution >= 4 is 17.7 Å². The molecule has 168 valence electrons. The molecular formula is C24H30FNO5. The molecule has 2 aromatic rings. The van der Waals surface area contributed by atoms with Crippen molar-refractivity contribution in [3.8, 4) is 16.9 Å². The summed E-state index contributed by atoms with van der Waals surface area (Å²) in [4.78, 5) is 24.2. The fourth-order valence-electron chi connectivity index (χ4n) is 3.14. The summed E-state index contributed by atoms with van der Waals surface area (Å²) in [6, 6.07) is 10.6. The van der Waals surface area contributed by atoms with Crippen molar-refractivity contribution in [3.63, 3.8) is 0 Å². The van der Waals surface area contributed by atoms with Gasteiger partial charge in [0.15, 0.2) is 5.75 Å². The average molecular weight is 432 g/mol. The van der Waals surface area contributed by atoms with Crippen LogP contribution in [0.4, 0.5) is 14.9 Å². The van der Waals surface area contributed by atoms with Crippen LogP contribution < -0.4 is 10.1 Å². The zero-order valence-corrected chi connectivity index (χ0v) is 18.7. The fourth-order valence-corrected chi connectivity index (χ4v) is 3.14. The van der Waals surface area contributed by atoms with Crippen molar-refractivity contribution in [1.82, 2.24) is 0 Å². The molecule has 0 saturated heterocycles. The molecular weight excluding hydrogens is 401 g/mol. The summed E-state index contributed by atoms with van der Waals surface area (Å²) >= 11 is 0. The molecule has 1 N–H and O–H groups in total. The molecule has 1 amide bonds. The summed E-state index contributed by atoms with van der Waals surface area (Å²) in [6.45, 7) is 7.24. The topological polar surface area (TPSA) is 73.9 Å². The average Bonchev–Trinajstić information content (AvgIpc) is 2.69. The van der Waals surface area contributed by atoms with E-state index in [1.54, 1.807) is 27.7 Å². The summed E-state index contributed by atoms with van der Waals surface area (Å²) < 4.78 is 31.1. The molecule has 2 aromatic carbocycles. The molecule has 0 saturated carbocycles. The number of carbonyl (C=O) groups excluding carboxylic acids is 2. The Morgan fingerprint density at radius 2 is 1.81 bits per heavy atom. The number of esters is 1. The first-order valence-electron chi connectivity index (χ1n) is 10.3. The van der Waals surface area contributed by atoms with E-state index in [1.165, 1.54) is 13.2 Å². The number of amides is 1. The number of ether oxygens (including phenoxy) is 3. The van der Waals surface area contributed by atoms with Gasteiger partial charge in [-0.3, -0.25) is 10.1 Å². The SMILES string of the molecule is CCOC(=O)CCCc1c(F)cc(-c2ccccc2)c(OC)c1NC(=O)OC(C)(C)C. The largest absolute Gasteiger partial charge is 0.494 e. The van der Waals surface area contributed by atoms with Gasteiger partial charge in [0.25, 0.3) is 0 Å². The number of methoxy groups -OCH3 is 1. The molecule has 0 bridgehead atoms. The van der Waals surface area contributed by atoms with Crippen LogP contribution in [-0.4, -0.2) is 31.4 Å². The number of rotatable bonds is 8.